The maximum absolute atomic E-state index is 12.1. The van der Waals surface area contributed by atoms with E-state index in [4.69, 9.17) is 4.74 Å². The molecule has 0 bridgehead atoms. The van der Waals surface area contributed by atoms with Gasteiger partial charge < -0.3 is 4.74 Å². The average Bonchev–Trinajstić information content (AvgIpc) is 3.08. The number of esters is 1. The molecule has 3 rings (SSSR count). The minimum atomic E-state index is -0.474. The zero-order valence-corrected chi connectivity index (χ0v) is 11.4. The number of carbonyl (C=O) groups excluding carboxylic acids is 1. The molecule has 0 radical (unpaired) electrons. The highest BCUT2D eigenvalue weighted by molar-refractivity contribution is 5.92. The summed E-state index contributed by atoms with van der Waals surface area (Å²) in [5, 5.41) is 11.4. The maximum atomic E-state index is 12.1. The molecule has 1 aromatic carbocycles. The van der Waals surface area contributed by atoms with E-state index in [0.29, 0.717) is 16.9 Å². The van der Waals surface area contributed by atoms with Gasteiger partial charge in [0.25, 0.3) is 0 Å². The van der Waals surface area contributed by atoms with Crippen LogP contribution in [0.25, 0.3) is 0 Å². The molecule has 0 amide bonds. The SMILES string of the molecule is O=C(Oc1ccccc1/C=N\n1cnnc1)c1cccnc1. The van der Waals surface area contributed by atoms with Gasteiger partial charge in [0.05, 0.1) is 11.8 Å². The summed E-state index contributed by atoms with van der Waals surface area (Å²) in [7, 11) is 0. The zero-order valence-electron chi connectivity index (χ0n) is 11.4. The van der Waals surface area contributed by atoms with Gasteiger partial charge >= 0.3 is 5.97 Å². The number of pyridine rings is 1. The minimum absolute atomic E-state index is 0.382. The largest absolute Gasteiger partial charge is 0.422 e. The zero-order chi connectivity index (χ0) is 15.2. The molecule has 0 spiro atoms. The highest BCUT2D eigenvalue weighted by Gasteiger charge is 2.10. The average molecular weight is 293 g/mol. The van der Waals surface area contributed by atoms with Crippen LogP contribution in [0.4, 0.5) is 0 Å². The topological polar surface area (TPSA) is 82.3 Å². The molecule has 3 aromatic rings. The number of hydrogen-bond acceptors (Lipinski definition) is 6. The standard InChI is InChI=1S/C15H11N5O2/c21-15(13-5-3-7-16-8-13)22-14-6-2-1-4-12(14)9-19-20-10-17-18-11-20/h1-11H/b19-9-. The van der Waals surface area contributed by atoms with E-state index in [0.717, 1.165) is 0 Å². The lowest BCUT2D eigenvalue weighted by Gasteiger charge is -2.06. The molecular formula is C15H11N5O2. The van der Waals surface area contributed by atoms with Crippen LogP contribution in [0.1, 0.15) is 15.9 Å². The van der Waals surface area contributed by atoms with Crippen LogP contribution in [0.15, 0.2) is 66.5 Å². The predicted molar refractivity (Wildman–Crippen MR) is 78.7 cm³/mol. The van der Waals surface area contributed by atoms with E-state index in [-0.39, 0.29) is 0 Å². The molecule has 0 unspecified atom stereocenters. The Morgan fingerprint density at radius 1 is 1.14 bits per heavy atom. The molecule has 0 N–H and O–H groups in total. The van der Waals surface area contributed by atoms with Crippen molar-refractivity contribution in [3.8, 4) is 5.75 Å². The highest BCUT2D eigenvalue weighted by Crippen LogP contribution is 2.17. The first-order valence-electron chi connectivity index (χ1n) is 6.43. The number of ether oxygens (including phenoxy) is 1. The lowest BCUT2D eigenvalue weighted by Crippen LogP contribution is -2.10. The third-order valence-corrected chi connectivity index (χ3v) is 2.76. The minimum Gasteiger partial charge on any atom is -0.422 e. The number of aromatic nitrogens is 4. The number of rotatable bonds is 4. The molecule has 0 atom stereocenters. The monoisotopic (exact) mass is 293 g/mol. The summed E-state index contributed by atoms with van der Waals surface area (Å²) < 4.78 is 6.83. The fraction of sp³-hybridized carbons (Fsp3) is 0. The number of hydrogen-bond donors (Lipinski definition) is 0. The normalized spacial score (nSPS) is 10.7. The Labute approximate surface area is 125 Å². The van der Waals surface area contributed by atoms with Crippen molar-refractivity contribution in [2.45, 2.75) is 0 Å². The summed E-state index contributed by atoms with van der Waals surface area (Å²) in [6, 6.07) is 10.4. The fourth-order valence-corrected chi connectivity index (χ4v) is 1.71. The van der Waals surface area contributed by atoms with Crippen molar-refractivity contribution in [2.75, 3.05) is 0 Å². The van der Waals surface area contributed by atoms with E-state index in [1.54, 1.807) is 42.7 Å². The summed E-state index contributed by atoms with van der Waals surface area (Å²) in [4.78, 5) is 16.0. The van der Waals surface area contributed by atoms with Crippen molar-refractivity contribution in [1.82, 2.24) is 19.9 Å². The lowest BCUT2D eigenvalue weighted by atomic mass is 10.2. The van der Waals surface area contributed by atoms with Gasteiger partial charge in [0, 0.05) is 18.0 Å². The molecule has 22 heavy (non-hydrogen) atoms. The summed E-state index contributed by atoms with van der Waals surface area (Å²) in [6.45, 7) is 0. The highest BCUT2D eigenvalue weighted by atomic mass is 16.5. The lowest BCUT2D eigenvalue weighted by molar-refractivity contribution is 0.0734. The quantitative estimate of drug-likeness (QED) is 0.416. The second-order valence-corrected chi connectivity index (χ2v) is 4.26. The van der Waals surface area contributed by atoms with E-state index in [1.165, 1.54) is 23.5 Å². The second kappa shape index (κ2) is 6.40. The summed E-state index contributed by atoms with van der Waals surface area (Å²) >= 11 is 0. The van der Waals surface area contributed by atoms with Gasteiger partial charge in [-0.05, 0) is 24.3 Å². The number of benzene rings is 1. The van der Waals surface area contributed by atoms with Crippen molar-refractivity contribution >= 4 is 12.2 Å². The maximum Gasteiger partial charge on any atom is 0.345 e. The molecular weight excluding hydrogens is 282 g/mol. The number of carbonyl (C=O) groups is 1. The molecule has 0 fully saturated rings. The molecule has 7 nitrogen and oxygen atoms in total. The molecule has 7 heteroatoms. The first kappa shape index (κ1) is 13.6. The fourth-order valence-electron chi connectivity index (χ4n) is 1.71. The molecule has 0 saturated heterocycles. The van der Waals surface area contributed by atoms with Crippen LogP contribution in [0, 0.1) is 0 Å². The Balaban J connectivity index is 1.81. The molecule has 108 valence electrons. The first-order chi connectivity index (χ1) is 10.8. The van der Waals surface area contributed by atoms with Crippen LogP contribution in [0.3, 0.4) is 0 Å². The second-order valence-electron chi connectivity index (χ2n) is 4.26. The van der Waals surface area contributed by atoms with Crippen LogP contribution in [0.5, 0.6) is 5.75 Å². The van der Waals surface area contributed by atoms with E-state index in [9.17, 15) is 4.79 Å². The summed E-state index contributed by atoms with van der Waals surface area (Å²) in [5.41, 5.74) is 1.04. The molecule has 2 aromatic heterocycles. The van der Waals surface area contributed by atoms with Crippen LogP contribution >= 0.6 is 0 Å². The third-order valence-electron chi connectivity index (χ3n) is 2.76. The van der Waals surface area contributed by atoms with Gasteiger partial charge in [-0.3, -0.25) is 4.98 Å². The predicted octanol–water partition coefficient (Wildman–Crippen LogP) is 1.77. The van der Waals surface area contributed by atoms with Crippen molar-refractivity contribution in [2.24, 2.45) is 5.10 Å². The summed E-state index contributed by atoms with van der Waals surface area (Å²) in [6.07, 6.45) is 7.53. The summed E-state index contributed by atoms with van der Waals surface area (Å²) in [5.74, 6) is -0.0635. The smallest absolute Gasteiger partial charge is 0.345 e. The van der Waals surface area contributed by atoms with E-state index >= 15 is 0 Å². The van der Waals surface area contributed by atoms with Crippen molar-refractivity contribution in [1.29, 1.82) is 0 Å². The van der Waals surface area contributed by atoms with Gasteiger partial charge in [0.2, 0.25) is 0 Å². The first-order valence-corrected chi connectivity index (χ1v) is 6.43. The molecule has 0 aliphatic heterocycles. The van der Waals surface area contributed by atoms with Gasteiger partial charge in [-0.15, -0.1) is 10.2 Å². The molecule has 0 saturated carbocycles. The van der Waals surface area contributed by atoms with Gasteiger partial charge in [-0.2, -0.15) is 5.10 Å². The Hall–Kier alpha value is -3.35. The third kappa shape index (κ3) is 3.21. The van der Waals surface area contributed by atoms with Crippen LogP contribution in [-0.2, 0) is 0 Å². The van der Waals surface area contributed by atoms with Gasteiger partial charge in [-0.1, -0.05) is 12.1 Å². The number of para-hydroxylation sites is 1. The van der Waals surface area contributed by atoms with Crippen LogP contribution in [-0.4, -0.2) is 32.0 Å². The van der Waals surface area contributed by atoms with E-state index in [1.807, 2.05) is 6.07 Å². The van der Waals surface area contributed by atoms with Gasteiger partial charge in [0.1, 0.15) is 18.4 Å². The Bertz CT molecular complexity index is 785. The van der Waals surface area contributed by atoms with Crippen molar-refractivity contribution in [3.63, 3.8) is 0 Å². The Kier molecular flexibility index (Phi) is 3.96. The molecule has 0 aliphatic carbocycles. The Morgan fingerprint density at radius 3 is 2.73 bits per heavy atom. The van der Waals surface area contributed by atoms with Crippen molar-refractivity contribution < 1.29 is 9.53 Å². The van der Waals surface area contributed by atoms with Gasteiger partial charge in [-0.25, -0.2) is 9.47 Å². The van der Waals surface area contributed by atoms with Crippen LogP contribution in [0.2, 0.25) is 0 Å². The number of nitrogens with zero attached hydrogens (tertiary/aromatic N) is 5. The molecule has 0 aliphatic rings. The Morgan fingerprint density at radius 2 is 1.95 bits per heavy atom. The van der Waals surface area contributed by atoms with E-state index < -0.39 is 5.97 Å². The van der Waals surface area contributed by atoms with E-state index in [2.05, 4.69) is 20.3 Å². The van der Waals surface area contributed by atoms with Crippen LogP contribution < -0.4 is 4.74 Å². The van der Waals surface area contributed by atoms with Crippen molar-refractivity contribution in [3.05, 3.63) is 72.6 Å². The molecule has 2 heterocycles. The van der Waals surface area contributed by atoms with Gasteiger partial charge in [0.15, 0.2) is 0 Å².